The number of nitriles is 1. The summed E-state index contributed by atoms with van der Waals surface area (Å²) in [7, 11) is 0. The molecule has 6 heteroatoms. The van der Waals surface area contributed by atoms with Crippen LogP contribution in [0.4, 0.5) is 0 Å². The van der Waals surface area contributed by atoms with Gasteiger partial charge in [-0.25, -0.2) is 24.9 Å². The van der Waals surface area contributed by atoms with Crippen LogP contribution < -0.4 is 0 Å². The Hall–Kier alpha value is -7.88. The molecule has 0 aliphatic heterocycles. The maximum atomic E-state index is 9.76. The van der Waals surface area contributed by atoms with Crippen molar-refractivity contribution >= 4 is 0 Å². The predicted octanol–water partition coefficient (Wildman–Crippen LogP) is 13.1. The molecule has 0 saturated heterocycles. The van der Waals surface area contributed by atoms with Crippen molar-refractivity contribution in [3.8, 4) is 96.1 Å². The highest BCUT2D eigenvalue weighted by Crippen LogP contribution is 2.51. The van der Waals surface area contributed by atoms with Crippen molar-refractivity contribution in [3.05, 3.63) is 198 Å². The molecule has 6 nitrogen and oxygen atoms in total. The summed E-state index contributed by atoms with van der Waals surface area (Å²) >= 11 is 0. The Morgan fingerprint density at radius 1 is 0.371 bits per heavy atom. The number of hydrogen-bond donors (Lipinski definition) is 0. The number of aromatic nitrogens is 5. The molecular weight excluding hydrogens is 757 g/mol. The molecule has 2 aromatic heterocycles. The fourth-order valence-electron chi connectivity index (χ4n) is 9.42. The van der Waals surface area contributed by atoms with Crippen LogP contribution in [0.5, 0.6) is 0 Å². The Balaban J connectivity index is 1.10. The van der Waals surface area contributed by atoms with Crippen LogP contribution in [-0.4, -0.2) is 24.9 Å². The first-order chi connectivity index (χ1) is 30.2. The van der Waals surface area contributed by atoms with Crippen molar-refractivity contribution in [1.82, 2.24) is 24.9 Å². The fourth-order valence-corrected chi connectivity index (χ4v) is 9.42. The molecule has 0 bridgehead atoms. The van der Waals surface area contributed by atoms with Crippen LogP contribution in [0.2, 0.25) is 0 Å². The largest absolute Gasteiger partial charge is 0.236 e. The highest BCUT2D eigenvalue weighted by molar-refractivity contribution is 5.87. The van der Waals surface area contributed by atoms with E-state index in [0.717, 1.165) is 61.3 Å². The average molecular weight is 797 g/mol. The molecule has 0 atom stereocenters. The van der Waals surface area contributed by atoms with E-state index in [1.165, 1.54) is 27.8 Å². The molecule has 9 aromatic rings. The van der Waals surface area contributed by atoms with Crippen molar-refractivity contribution in [2.75, 3.05) is 0 Å². The average Bonchev–Trinajstić information content (AvgIpc) is 3.70. The standard InChI is InChI=1S/C56H40N6/c1-55(2)48-27-34(32-57)19-25-44(48)45-26-24-39(31-49(45)55)40-28-41(51-58-33-46-43-17-11-12-18-47(43)56(3,4)50(46)59-51)30-42(29-40)54-61-52(37-15-9-6-10-16-37)60-53(62-54)38-22-20-36(21-23-38)35-13-7-5-8-14-35/h5-31,33H,1-4H3. The third-order valence-corrected chi connectivity index (χ3v) is 12.8. The van der Waals surface area contributed by atoms with Gasteiger partial charge in [-0.05, 0) is 92.0 Å². The van der Waals surface area contributed by atoms with E-state index in [4.69, 9.17) is 24.9 Å². The molecule has 11 rings (SSSR count). The maximum Gasteiger partial charge on any atom is 0.164 e. The fraction of sp³-hybridized carbons (Fsp3) is 0.107. The van der Waals surface area contributed by atoms with Crippen LogP contribution in [0, 0.1) is 11.3 Å². The zero-order valence-corrected chi connectivity index (χ0v) is 34.8. The van der Waals surface area contributed by atoms with E-state index in [9.17, 15) is 5.26 Å². The summed E-state index contributed by atoms with van der Waals surface area (Å²) in [5, 5.41) is 9.76. The Morgan fingerprint density at radius 2 is 0.871 bits per heavy atom. The van der Waals surface area contributed by atoms with Crippen LogP contribution in [-0.2, 0) is 10.8 Å². The molecule has 2 heterocycles. The minimum absolute atomic E-state index is 0.292. The Labute approximate surface area is 361 Å². The molecule has 62 heavy (non-hydrogen) atoms. The molecule has 2 aliphatic carbocycles. The molecule has 7 aromatic carbocycles. The van der Waals surface area contributed by atoms with Gasteiger partial charge in [0, 0.05) is 44.8 Å². The highest BCUT2D eigenvalue weighted by Gasteiger charge is 2.38. The van der Waals surface area contributed by atoms with Crippen LogP contribution >= 0.6 is 0 Å². The molecule has 0 amide bonds. The maximum absolute atomic E-state index is 9.76. The van der Waals surface area contributed by atoms with Crippen molar-refractivity contribution in [3.63, 3.8) is 0 Å². The normalized spacial score (nSPS) is 13.7. The lowest BCUT2D eigenvalue weighted by Crippen LogP contribution is -2.17. The monoisotopic (exact) mass is 796 g/mol. The molecule has 0 saturated carbocycles. The van der Waals surface area contributed by atoms with Crippen LogP contribution in [0.15, 0.2) is 170 Å². The summed E-state index contributed by atoms with van der Waals surface area (Å²) in [5.41, 5.74) is 17.1. The van der Waals surface area contributed by atoms with Gasteiger partial charge in [0.25, 0.3) is 0 Å². The van der Waals surface area contributed by atoms with E-state index >= 15 is 0 Å². The first kappa shape index (κ1) is 37.1. The number of nitrogens with zero attached hydrogens (tertiary/aromatic N) is 6. The van der Waals surface area contributed by atoms with E-state index in [0.29, 0.717) is 28.9 Å². The van der Waals surface area contributed by atoms with Gasteiger partial charge in [0.15, 0.2) is 23.3 Å². The van der Waals surface area contributed by atoms with Gasteiger partial charge in [0.2, 0.25) is 0 Å². The minimum Gasteiger partial charge on any atom is -0.236 e. The molecule has 2 aliphatic rings. The van der Waals surface area contributed by atoms with Crippen molar-refractivity contribution in [2.45, 2.75) is 38.5 Å². The second-order valence-corrected chi connectivity index (χ2v) is 17.3. The number of rotatable bonds is 6. The highest BCUT2D eigenvalue weighted by atomic mass is 15.0. The first-order valence-electron chi connectivity index (χ1n) is 21.0. The van der Waals surface area contributed by atoms with Gasteiger partial charge < -0.3 is 0 Å². The van der Waals surface area contributed by atoms with E-state index < -0.39 is 0 Å². The van der Waals surface area contributed by atoms with E-state index in [2.05, 4.69) is 149 Å². The molecule has 0 N–H and O–H groups in total. The van der Waals surface area contributed by atoms with Gasteiger partial charge in [-0.15, -0.1) is 0 Å². The lowest BCUT2D eigenvalue weighted by molar-refractivity contribution is 0.636. The zero-order valence-electron chi connectivity index (χ0n) is 34.8. The smallest absolute Gasteiger partial charge is 0.164 e. The minimum atomic E-state index is -0.304. The lowest BCUT2D eigenvalue weighted by Gasteiger charge is -2.22. The third kappa shape index (κ3) is 6.04. The zero-order chi connectivity index (χ0) is 42.2. The summed E-state index contributed by atoms with van der Waals surface area (Å²) in [5.74, 6) is 2.37. The summed E-state index contributed by atoms with van der Waals surface area (Å²) in [6.07, 6.45) is 1.98. The molecule has 0 radical (unpaired) electrons. The Bertz CT molecular complexity index is 3290. The van der Waals surface area contributed by atoms with Crippen LogP contribution in [0.3, 0.4) is 0 Å². The SMILES string of the molecule is CC1(C)c2cc(C#N)ccc2-c2ccc(-c3cc(-c4nc(-c5ccccc5)nc(-c5ccc(-c6ccccc6)cc5)n4)cc(-c4ncc5c(n4)C(C)(C)c4ccccc4-5)c3)cc21. The molecule has 294 valence electrons. The van der Waals surface area contributed by atoms with E-state index in [1.807, 2.05) is 54.7 Å². The van der Waals surface area contributed by atoms with Crippen molar-refractivity contribution < 1.29 is 0 Å². The summed E-state index contributed by atoms with van der Waals surface area (Å²) in [6, 6.07) is 58.9. The molecular formula is C56H40N6. The summed E-state index contributed by atoms with van der Waals surface area (Å²) < 4.78 is 0. The molecule has 0 fully saturated rings. The number of fused-ring (bicyclic) bond motifs is 6. The van der Waals surface area contributed by atoms with Crippen LogP contribution in [0.25, 0.3) is 90.1 Å². The summed E-state index contributed by atoms with van der Waals surface area (Å²) in [4.78, 5) is 25.9. The molecule has 0 unspecified atom stereocenters. The Kier molecular flexibility index (Phi) is 8.45. The van der Waals surface area contributed by atoms with Gasteiger partial charge in [0.1, 0.15) is 0 Å². The van der Waals surface area contributed by atoms with Crippen molar-refractivity contribution in [2.24, 2.45) is 0 Å². The summed E-state index contributed by atoms with van der Waals surface area (Å²) in [6.45, 7) is 8.97. The number of hydrogen-bond acceptors (Lipinski definition) is 6. The van der Waals surface area contributed by atoms with Crippen molar-refractivity contribution in [1.29, 1.82) is 5.26 Å². The second kappa shape index (κ2) is 14.1. The van der Waals surface area contributed by atoms with Gasteiger partial charge >= 0.3 is 0 Å². The first-order valence-corrected chi connectivity index (χ1v) is 21.0. The van der Waals surface area contributed by atoms with E-state index in [-0.39, 0.29) is 10.8 Å². The second-order valence-electron chi connectivity index (χ2n) is 17.3. The lowest BCUT2D eigenvalue weighted by atomic mass is 9.81. The molecule has 0 spiro atoms. The van der Waals surface area contributed by atoms with Gasteiger partial charge in [-0.2, -0.15) is 5.26 Å². The van der Waals surface area contributed by atoms with E-state index in [1.54, 1.807) is 0 Å². The topological polar surface area (TPSA) is 88.2 Å². The Morgan fingerprint density at radius 3 is 1.56 bits per heavy atom. The quantitative estimate of drug-likeness (QED) is 0.166. The number of benzene rings is 7. The van der Waals surface area contributed by atoms with Crippen LogP contribution in [0.1, 0.15) is 55.6 Å². The van der Waals surface area contributed by atoms with Gasteiger partial charge in [-0.1, -0.05) is 155 Å². The van der Waals surface area contributed by atoms with Gasteiger partial charge in [-0.3, -0.25) is 0 Å². The third-order valence-electron chi connectivity index (χ3n) is 12.8. The van der Waals surface area contributed by atoms with Gasteiger partial charge in [0.05, 0.1) is 17.3 Å². The predicted molar refractivity (Wildman–Crippen MR) is 248 cm³/mol.